The summed E-state index contributed by atoms with van der Waals surface area (Å²) in [7, 11) is 6.21. The molecule has 18 heavy (non-hydrogen) atoms. The Balaban J connectivity index is 1.87. The van der Waals surface area contributed by atoms with Crippen LogP contribution in [0.3, 0.4) is 0 Å². The van der Waals surface area contributed by atoms with Crippen LogP contribution in [0.25, 0.3) is 0 Å². The Morgan fingerprint density at radius 2 is 2.39 bits per heavy atom. The highest BCUT2D eigenvalue weighted by Gasteiger charge is 2.25. The van der Waals surface area contributed by atoms with E-state index in [1.54, 1.807) is 0 Å². The van der Waals surface area contributed by atoms with Gasteiger partial charge in [0.2, 0.25) is 0 Å². The number of nitrogens with one attached hydrogen (secondary N) is 1. The zero-order valence-corrected chi connectivity index (χ0v) is 11.6. The minimum absolute atomic E-state index is 0.286. The van der Waals surface area contributed by atoms with Crippen LogP contribution in [0.5, 0.6) is 0 Å². The molecular weight excluding hydrogens is 228 g/mol. The highest BCUT2D eigenvalue weighted by molar-refractivity contribution is 4.93. The van der Waals surface area contributed by atoms with Crippen LogP contribution >= 0.6 is 0 Å². The molecule has 0 aromatic carbocycles. The van der Waals surface area contributed by atoms with Gasteiger partial charge < -0.3 is 19.5 Å². The molecule has 1 aliphatic heterocycles. The van der Waals surface area contributed by atoms with Crippen molar-refractivity contribution in [3.8, 4) is 0 Å². The molecule has 2 atom stereocenters. The van der Waals surface area contributed by atoms with Gasteiger partial charge in [-0.3, -0.25) is 0 Å². The van der Waals surface area contributed by atoms with Crippen LogP contribution in [0.1, 0.15) is 12.2 Å². The zero-order valence-electron chi connectivity index (χ0n) is 11.6. The van der Waals surface area contributed by atoms with Crippen molar-refractivity contribution in [2.45, 2.75) is 25.0 Å². The van der Waals surface area contributed by atoms with Crippen molar-refractivity contribution in [3.63, 3.8) is 0 Å². The maximum Gasteiger partial charge on any atom is 0.108 e. The number of hydrogen-bond donors (Lipinski definition) is 1. The van der Waals surface area contributed by atoms with Crippen molar-refractivity contribution in [2.24, 2.45) is 7.05 Å². The van der Waals surface area contributed by atoms with Gasteiger partial charge in [0.25, 0.3) is 0 Å². The van der Waals surface area contributed by atoms with Crippen LogP contribution in [0.4, 0.5) is 0 Å². The number of imidazole rings is 1. The summed E-state index contributed by atoms with van der Waals surface area (Å²) in [4.78, 5) is 6.70. The largest absolute Gasteiger partial charge is 0.374 e. The summed E-state index contributed by atoms with van der Waals surface area (Å²) in [6.07, 6.45) is 6.18. The van der Waals surface area contributed by atoms with E-state index in [9.17, 15) is 0 Å². The Labute approximate surface area is 109 Å². The summed E-state index contributed by atoms with van der Waals surface area (Å²) in [5.41, 5.74) is 0. The predicted molar refractivity (Wildman–Crippen MR) is 71.6 cm³/mol. The molecule has 102 valence electrons. The van der Waals surface area contributed by atoms with E-state index in [0.29, 0.717) is 6.04 Å². The number of rotatable bonds is 5. The van der Waals surface area contributed by atoms with Gasteiger partial charge in [-0.2, -0.15) is 0 Å². The first-order valence-corrected chi connectivity index (χ1v) is 6.64. The third kappa shape index (κ3) is 3.31. The quantitative estimate of drug-likeness (QED) is 0.817. The third-order valence-electron chi connectivity index (χ3n) is 3.72. The molecule has 5 heteroatoms. The first kappa shape index (κ1) is 13.5. The van der Waals surface area contributed by atoms with Gasteiger partial charge in [0.1, 0.15) is 5.82 Å². The molecule has 1 aromatic heterocycles. The van der Waals surface area contributed by atoms with E-state index < -0.39 is 0 Å². The molecule has 2 unspecified atom stereocenters. The van der Waals surface area contributed by atoms with Crippen molar-refractivity contribution in [2.75, 3.05) is 33.8 Å². The van der Waals surface area contributed by atoms with Crippen LogP contribution in [0.15, 0.2) is 12.4 Å². The Morgan fingerprint density at radius 3 is 3.00 bits per heavy atom. The van der Waals surface area contributed by atoms with Crippen LogP contribution < -0.4 is 5.32 Å². The van der Waals surface area contributed by atoms with Crippen molar-refractivity contribution in [1.82, 2.24) is 19.8 Å². The maximum atomic E-state index is 5.87. The minimum atomic E-state index is 0.286. The number of likely N-dealkylation sites (N-methyl/N-ethyl adjacent to an activating group) is 2. The molecule has 1 N–H and O–H groups in total. The number of morpholine rings is 1. The topological polar surface area (TPSA) is 42.3 Å². The Morgan fingerprint density at radius 1 is 1.56 bits per heavy atom. The number of aryl methyl sites for hydroxylation is 2. The molecule has 1 fully saturated rings. The van der Waals surface area contributed by atoms with E-state index in [0.717, 1.165) is 38.4 Å². The molecule has 0 spiro atoms. The molecule has 5 nitrogen and oxygen atoms in total. The lowest BCUT2D eigenvalue weighted by molar-refractivity contribution is -0.0386. The number of nitrogens with zero attached hydrogens (tertiary/aromatic N) is 3. The second-order valence-electron chi connectivity index (χ2n) is 5.06. The van der Waals surface area contributed by atoms with Crippen LogP contribution in [0, 0.1) is 0 Å². The van der Waals surface area contributed by atoms with E-state index in [1.807, 2.05) is 26.5 Å². The SMILES string of the molecule is CNC(CCc1nccn1C)C1CN(C)CCO1. The van der Waals surface area contributed by atoms with Crippen molar-refractivity contribution < 1.29 is 4.74 Å². The van der Waals surface area contributed by atoms with Gasteiger partial charge in [-0.1, -0.05) is 0 Å². The number of hydrogen-bond acceptors (Lipinski definition) is 4. The van der Waals surface area contributed by atoms with Crippen LogP contribution in [0.2, 0.25) is 0 Å². The van der Waals surface area contributed by atoms with Crippen molar-refractivity contribution in [1.29, 1.82) is 0 Å². The van der Waals surface area contributed by atoms with E-state index in [2.05, 4.69) is 26.8 Å². The first-order valence-electron chi connectivity index (χ1n) is 6.64. The van der Waals surface area contributed by atoms with Gasteiger partial charge in [0.05, 0.1) is 12.7 Å². The van der Waals surface area contributed by atoms with E-state index in [-0.39, 0.29) is 6.10 Å². The van der Waals surface area contributed by atoms with Crippen LogP contribution in [-0.4, -0.2) is 60.4 Å². The molecule has 0 bridgehead atoms. The Hall–Kier alpha value is -0.910. The van der Waals surface area contributed by atoms with Gasteiger partial charge in [-0.15, -0.1) is 0 Å². The molecule has 1 aromatic rings. The van der Waals surface area contributed by atoms with E-state index in [4.69, 9.17) is 4.74 Å². The van der Waals surface area contributed by atoms with Gasteiger partial charge in [-0.25, -0.2) is 4.98 Å². The summed E-state index contributed by atoms with van der Waals surface area (Å²) in [6.45, 7) is 2.88. The van der Waals surface area contributed by atoms with Gasteiger partial charge in [-0.05, 0) is 20.5 Å². The minimum Gasteiger partial charge on any atom is -0.374 e. The van der Waals surface area contributed by atoms with Crippen LogP contribution in [-0.2, 0) is 18.2 Å². The molecule has 2 rings (SSSR count). The number of ether oxygens (including phenoxy) is 1. The summed E-state index contributed by atoms with van der Waals surface area (Å²) in [6, 6.07) is 0.393. The highest BCUT2D eigenvalue weighted by Crippen LogP contribution is 2.12. The van der Waals surface area contributed by atoms with Gasteiger partial charge >= 0.3 is 0 Å². The average Bonchev–Trinajstić information content (AvgIpc) is 2.76. The van der Waals surface area contributed by atoms with E-state index in [1.165, 1.54) is 0 Å². The fourth-order valence-electron chi connectivity index (χ4n) is 2.49. The predicted octanol–water partition coefficient (Wildman–Crippen LogP) is 0.271. The lowest BCUT2D eigenvalue weighted by Crippen LogP contribution is -2.50. The lowest BCUT2D eigenvalue weighted by atomic mass is 10.0. The average molecular weight is 252 g/mol. The molecule has 2 heterocycles. The summed E-state index contributed by atoms with van der Waals surface area (Å²) < 4.78 is 7.95. The standard InChI is InChI=1S/C13H24N4O/c1-14-11(12-10-16(2)8-9-18-12)4-5-13-15-6-7-17(13)3/h6-7,11-12,14H,4-5,8-10H2,1-3H3. The second kappa shape index (κ2) is 6.31. The Kier molecular flexibility index (Phi) is 4.74. The van der Waals surface area contributed by atoms with Crippen molar-refractivity contribution in [3.05, 3.63) is 18.2 Å². The lowest BCUT2D eigenvalue weighted by Gasteiger charge is -2.35. The van der Waals surface area contributed by atoms with Gasteiger partial charge in [0, 0.05) is 45.0 Å². The normalized spacial score (nSPS) is 23.2. The second-order valence-corrected chi connectivity index (χ2v) is 5.06. The Bertz CT molecular complexity index is 366. The summed E-state index contributed by atoms with van der Waals surface area (Å²) in [5.74, 6) is 1.14. The molecule has 1 aliphatic rings. The summed E-state index contributed by atoms with van der Waals surface area (Å²) >= 11 is 0. The van der Waals surface area contributed by atoms with Crippen molar-refractivity contribution >= 4 is 0 Å². The molecule has 0 amide bonds. The maximum absolute atomic E-state index is 5.87. The van der Waals surface area contributed by atoms with Gasteiger partial charge in [0.15, 0.2) is 0 Å². The molecule has 0 aliphatic carbocycles. The van der Waals surface area contributed by atoms with E-state index >= 15 is 0 Å². The monoisotopic (exact) mass is 252 g/mol. The molecule has 1 saturated heterocycles. The third-order valence-corrected chi connectivity index (χ3v) is 3.72. The fraction of sp³-hybridized carbons (Fsp3) is 0.769. The summed E-state index contributed by atoms with van der Waals surface area (Å²) in [5, 5.41) is 3.39. The number of aromatic nitrogens is 2. The molecule has 0 saturated carbocycles. The highest BCUT2D eigenvalue weighted by atomic mass is 16.5. The zero-order chi connectivity index (χ0) is 13.0. The molecule has 0 radical (unpaired) electrons. The fourth-order valence-corrected chi connectivity index (χ4v) is 2.49. The first-order chi connectivity index (χ1) is 8.70. The molecular formula is C13H24N4O. The smallest absolute Gasteiger partial charge is 0.108 e.